The minimum absolute atomic E-state index is 0.00509. The molecule has 1 aromatic carbocycles. The number of nitrogens with zero attached hydrogens (tertiary/aromatic N) is 1. The third kappa shape index (κ3) is 4.45. The molecule has 2 aromatic rings. The van der Waals surface area contributed by atoms with Crippen LogP contribution in [0.5, 0.6) is 11.5 Å². The molecule has 0 unspecified atom stereocenters. The number of hydrogen-bond donors (Lipinski definition) is 3. The summed E-state index contributed by atoms with van der Waals surface area (Å²) in [6.07, 6.45) is 3.00. The predicted octanol–water partition coefficient (Wildman–Crippen LogP) is 2.06. The zero-order chi connectivity index (χ0) is 21.0. The van der Waals surface area contributed by atoms with Gasteiger partial charge >= 0.3 is 0 Å². The standard InChI is InChI=1S/C20H22N4O5/c1-21-19(26)13-10-22-16(24-18(25)11-7-8-11)9-14(13)23-20(27)12-5-4-6-15(28-2)17(12)29-3/h4-6,9-11H,7-8H2,1-3H3,(H,21,26)(H2,22,23,24,25,27). The lowest BCUT2D eigenvalue weighted by Crippen LogP contribution is -2.23. The monoisotopic (exact) mass is 398 g/mol. The van der Waals surface area contributed by atoms with E-state index in [2.05, 4.69) is 20.9 Å². The van der Waals surface area contributed by atoms with Crippen molar-refractivity contribution in [1.82, 2.24) is 10.3 Å². The Hall–Kier alpha value is -3.62. The van der Waals surface area contributed by atoms with Gasteiger partial charge in [-0.15, -0.1) is 0 Å². The van der Waals surface area contributed by atoms with Crippen LogP contribution >= 0.6 is 0 Å². The van der Waals surface area contributed by atoms with Crippen LogP contribution in [0.15, 0.2) is 30.5 Å². The minimum Gasteiger partial charge on any atom is -0.493 e. The molecule has 9 heteroatoms. The van der Waals surface area contributed by atoms with Crippen LogP contribution < -0.4 is 25.4 Å². The van der Waals surface area contributed by atoms with Crippen molar-refractivity contribution in [3.05, 3.63) is 41.6 Å². The average Bonchev–Trinajstić information content (AvgIpc) is 3.58. The highest BCUT2D eigenvalue weighted by molar-refractivity contribution is 6.11. The van der Waals surface area contributed by atoms with E-state index in [0.717, 1.165) is 12.8 Å². The lowest BCUT2D eigenvalue weighted by molar-refractivity contribution is -0.117. The quantitative estimate of drug-likeness (QED) is 0.657. The van der Waals surface area contributed by atoms with Crippen LogP contribution in [0.4, 0.5) is 11.5 Å². The van der Waals surface area contributed by atoms with Gasteiger partial charge in [0.25, 0.3) is 11.8 Å². The number of anilines is 2. The van der Waals surface area contributed by atoms with Gasteiger partial charge in [-0.3, -0.25) is 14.4 Å². The van der Waals surface area contributed by atoms with Gasteiger partial charge in [0.15, 0.2) is 11.5 Å². The van der Waals surface area contributed by atoms with Crippen LogP contribution in [0.1, 0.15) is 33.6 Å². The van der Waals surface area contributed by atoms with Gasteiger partial charge in [0, 0.05) is 25.2 Å². The van der Waals surface area contributed by atoms with E-state index in [9.17, 15) is 14.4 Å². The third-order valence-electron chi connectivity index (χ3n) is 4.47. The highest BCUT2D eigenvalue weighted by atomic mass is 16.5. The summed E-state index contributed by atoms with van der Waals surface area (Å²) in [5.74, 6) is -0.139. The summed E-state index contributed by atoms with van der Waals surface area (Å²) in [5.41, 5.74) is 0.600. The fourth-order valence-electron chi connectivity index (χ4n) is 2.77. The molecule has 0 saturated heterocycles. The van der Waals surface area contributed by atoms with Crippen LogP contribution in [0, 0.1) is 5.92 Å². The molecule has 9 nitrogen and oxygen atoms in total. The molecular formula is C20H22N4O5. The second-order valence-corrected chi connectivity index (χ2v) is 6.45. The topological polar surface area (TPSA) is 119 Å². The van der Waals surface area contributed by atoms with E-state index in [-0.39, 0.29) is 40.2 Å². The number of para-hydroxylation sites is 1. The number of amides is 3. The number of ether oxygens (including phenoxy) is 2. The van der Waals surface area contributed by atoms with Gasteiger partial charge < -0.3 is 25.4 Å². The Morgan fingerprint density at radius 1 is 1.03 bits per heavy atom. The molecule has 1 aliphatic rings. The molecule has 1 heterocycles. The highest BCUT2D eigenvalue weighted by Crippen LogP contribution is 2.32. The Kier molecular flexibility index (Phi) is 5.96. The molecule has 1 saturated carbocycles. The number of carbonyl (C=O) groups is 3. The molecule has 0 bridgehead atoms. The number of rotatable bonds is 7. The van der Waals surface area contributed by atoms with E-state index in [1.807, 2.05) is 0 Å². The number of methoxy groups -OCH3 is 2. The van der Waals surface area contributed by atoms with Crippen molar-refractivity contribution in [3.8, 4) is 11.5 Å². The van der Waals surface area contributed by atoms with Gasteiger partial charge in [0.05, 0.1) is 31.0 Å². The van der Waals surface area contributed by atoms with Gasteiger partial charge in [-0.25, -0.2) is 4.98 Å². The summed E-state index contributed by atoms with van der Waals surface area (Å²) in [7, 11) is 4.38. The lowest BCUT2D eigenvalue weighted by atomic mass is 10.1. The van der Waals surface area contributed by atoms with E-state index in [0.29, 0.717) is 5.75 Å². The van der Waals surface area contributed by atoms with E-state index < -0.39 is 11.8 Å². The fraction of sp³-hybridized carbons (Fsp3) is 0.300. The Balaban J connectivity index is 1.92. The van der Waals surface area contributed by atoms with Gasteiger partial charge in [-0.05, 0) is 25.0 Å². The summed E-state index contributed by atoms with van der Waals surface area (Å²) in [6, 6.07) is 6.36. The molecule has 1 aromatic heterocycles. The minimum atomic E-state index is -0.503. The highest BCUT2D eigenvalue weighted by Gasteiger charge is 2.30. The first-order valence-corrected chi connectivity index (χ1v) is 9.03. The van der Waals surface area contributed by atoms with E-state index >= 15 is 0 Å². The molecule has 1 fully saturated rings. The summed E-state index contributed by atoms with van der Waals surface area (Å²) in [6.45, 7) is 0. The number of carbonyl (C=O) groups excluding carboxylic acids is 3. The molecule has 1 aliphatic carbocycles. The molecule has 29 heavy (non-hydrogen) atoms. The second kappa shape index (κ2) is 8.59. The third-order valence-corrected chi connectivity index (χ3v) is 4.47. The maximum Gasteiger partial charge on any atom is 0.259 e. The maximum absolute atomic E-state index is 12.9. The summed E-state index contributed by atoms with van der Waals surface area (Å²) < 4.78 is 10.5. The van der Waals surface area contributed by atoms with Gasteiger partial charge in [-0.2, -0.15) is 0 Å². The predicted molar refractivity (Wildman–Crippen MR) is 106 cm³/mol. The summed E-state index contributed by atoms with van der Waals surface area (Å²) in [5, 5.41) is 7.91. The van der Waals surface area contributed by atoms with Crippen molar-refractivity contribution < 1.29 is 23.9 Å². The van der Waals surface area contributed by atoms with Crippen molar-refractivity contribution >= 4 is 29.2 Å². The number of benzene rings is 1. The zero-order valence-electron chi connectivity index (χ0n) is 16.4. The Bertz CT molecular complexity index is 956. The largest absolute Gasteiger partial charge is 0.493 e. The number of nitrogens with one attached hydrogen (secondary N) is 3. The molecule has 3 rings (SSSR count). The van der Waals surface area contributed by atoms with Crippen molar-refractivity contribution in [2.24, 2.45) is 5.92 Å². The van der Waals surface area contributed by atoms with Crippen LogP contribution in [0.25, 0.3) is 0 Å². The van der Waals surface area contributed by atoms with Crippen LogP contribution in [0.3, 0.4) is 0 Å². The SMILES string of the molecule is CNC(=O)c1cnc(NC(=O)C2CC2)cc1NC(=O)c1cccc(OC)c1OC. The van der Waals surface area contributed by atoms with Gasteiger partial charge in [0.1, 0.15) is 5.82 Å². The second-order valence-electron chi connectivity index (χ2n) is 6.45. The summed E-state index contributed by atoms with van der Waals surface area (Å²) >= 11 is 0. The zero-order valence-corrected chi connectivity index (χ0v) is 16.4. The molecule has 0 spiro atoms. The molecule has 0 radical (unpaired) electrons. The van der Waals surface area contributed by atoms with Crippen molar-refractivity contribution in [3.63, 3.8) is 0 Å². The molecule has 3 amide bonds. The van der Waals surface area contributed by atoms with E-state index in [1.165, 1.54) is 33.5 Å². The van der Waals surface area contributed by atoms with Crippen LogP contribution in [-0.4, -0.2) is 44.0 Å². The maximum atomic E-state index is 12.9. The van der Waals surface area contributed by atoms with Crippen molar-refractivity contribution in [2.75, 3.05) is 31.9 Å². The average molecular weight is 398 g/mol. The number of aromatic nitrogens is 1. The van der Waals surface area contributed by atoms with Gasteiger partial charge in [0.2, 0.25) is 5.91 Å². The number of pyridine rings is 1. The first kappa shape index (κ1) is 20.1. The molecule has 0 atom stereocenters. The van der Waals surface area contributed by atoms with Crippen molar-refractivity contribution in [1.29, 1.82) is 0 Å². The first-order chi connectivity index (χ1) is 14.0. The molecule has 3 N–H and O–H groups in total. The molecule has 152 valence electrons. The molecular weight excluding hydrogens is 376 g/mol. The van der Waals surface area contributed by atoms with E-state index in [4.69, 9.17) is 9.47 Å². The van der Waals surface area contributed by atoms with Crippen molar-refractivity contribution in [2.45, 2.75) is 12.8 Å². The smallest absolute Gasteiger partial charge is 0.259 e. The lowest BCUT2D eigenvalue weighted by Gasteiger charge is -2.15. The van der Waals surface area contributed by atoms with Gasteiger partial charge in [-0.1, -0.05) is 6.07 Å². The Labute approximate surface area is 167 Å². The van der Waals surface area contributed by atoms with E-state index in [1.54, 1.807) is 18.2 Å². The Morgan fingerprint density at radius 2 is 1.79 bits per heavy atom. The Morgan fingerprint density at radius 3 is 2.41 bits per heavy atom. The van der Waals surface area contributed by atoms with Crippen LogP contribution in [-0.2, 0) is 4.79 Å². The number of hydrogen-bond acceptors (Lipinski definition) is 6. The van der Waals surface area contributed by atoms with Crippen LogP contribution in [0.2, 0.25) is 0 Å². The fourth-order valence-corrected chi connectivity index (χ4v) is 2.77. The molecule has 0 aliphatic heterocycles. The summed E-state index contributed by atoms with van der Waals surface area (Å²) in [4.78, 5) is 41.2. The normalized spacial score (nSPS) is 12.7. The first-order valence-electron chi connectivity index (χ1n) is 9.03.